The molecule has 7 fully saturated rings. The fourth-order valence-corrected chi connectivity index (χ4v) is 9.69. The molecule has 1 aromatic rings. The van der Waals surface area contributed by atoms with Crippen LogP contribution in [0.2, 0.25) is 0 Å². The van der Waals surface area contributed by atoms with Gasteiger partial charge in [-0.2, -0.15) is 0 Å². The van der Waals surface area contributed by atoms with Gasteiger partial charge in [0.1, 0.15) is 6.29 Å². The van der Waals surface area contributed by atoms with Crippen LogP contribution in [-0.4, -0.2) is 40.8 Å². The maximum absolute atomic E-state index is 13.1. The minimum absolute atomic E-state index is 0.00578. The van der Waals surface area contributed by atoms with Gasteiger partial charge in [-0.05, 0) is 67.9 Å². The van der Waals surface area contributed by atoms with E-state index in [-0.39, 0.29) is 41.0 Å². The van der Waals surface area contributed by atoms with Gasteiger partial charge in [0.25, 0.3) is 5.97 Å². The van der Waals surface area contributed by atoms with Gasteiger partial charge in [0.05, 0.1) is 35.1 Å². The highest BCUT2D eigenvalue weighted by molar-refractivity contribution is 5.66. The largest absolute Gasteiger partial charge is 0.431 e. The zero-order valence-corrected chi connectivity index (χ0v) is 19.2. The van der Waals surface area contributed by atoms with Crippen molar-refractivity contribution in [3.8, 4) is 0 Å². The number of carbonyl (C=O) groups is 1. The Kier molecular flexibility index (Phi) is 3.89. The lowest BCUT2D eigenvalue weighted by Crippen LogP contribution is -2.81. The second-order valence-electron chi connectivity index (χ2n) is 11.9. The molecule has 1 aromatic heterocycles. The van der Waals surface area contributed by atoms with Crippen LogP contribution in [0.3, 0.4) is 0 Å². The summed E-state index contributed by atoms with van der Waals surface area (Å²) in [5.41, 5.74) is -1.92. The monoisotopic (exact) mass is 456 g/mol. The molecule has 3 unspecified atom stereocenters. The van der Waals surface area contributed by atoms with Crippen molar-refractivity contribution < 1.29 is 28.5 Å². The Morgan fingerprint density at radius 1 is 1.06 bits per heavy atom. The van der Waals surface area contributed by atoms with Crippen molar-refractivity contribution in [1.82, 2.24) is 0 Å². The Bertz CT molecular complexity index is 1060. The predicted molar refractivity (Wildman–Crippen MR) is 115 cm³/mol. The summed E-state index contributed by atoms with van der Waals surface area (Å²) in [4.78, 5) is 24.6. The van der Waals surface area contributed by atoms with Gasteiger partial charge in [0, 0.05) is 31.2 Å². The van der Waals surface area contributed by atoms with E-state index >= 15 is 0 Å². The molecule has 3 saturated heterocycles. The van der Waals surface area contributed by atoms with E-state index < -0.39 is 22.6 Å². The Hall–Kier alpha value is -1.54. The summed E-state index contributed by atoms with van der Waals surface area (Å²) in [7, 11) is 0. The van der Waals surface area contributed by atoms with Crippen molar-refractivity contribution >= 4 is 6.29 Å². The molecule has 33 heavy (non-hydrogen) atoms. The fraction of sp³-hybridized carbons (Fsp3) is 0.769. The van der Waals surface area contributed by atoms with Crippen LogP contribution in [0.25, 0.3) is 0 Å². The van der Waals surface area contributed by atoms with Gasteiger partial charge in [-0.1, -0.05) is 6.92 Å². The SMILES string of the molecule is CC12O[C@H]3C[C@@H](O1)[C@]1(C=O)C4CC[C@]5(C)[C@@H](c6ccc(=O)oc6)CC[C@]5(O)C4CC[C@@]1(C3)O2. The van der Waals surface area contributed by atoms with Crippen molar-refractivity contribution in [1.29, 1.82) is 0 Å². The van der Waals surface area contributed by atoms with E-state index in [9.17, 15) is 14.7 Å². The van der Waals surface area contributed by atoms with Gasteiger partial charge < -0.3 is 28.5 Å². The number of aliphatic hydroxyl groups is 1. The molecule has 4 aliphatic carbocycles. The average molecular weight is 457 g/mol. The van der Waals surface area contributed by atoms with Crippen LogP contribution in [0, 0.1) is 22.7 Å². The predicted octanol–water partition coefficient (Wildman–Crippen LogP) is 3.28. The molecule has 3 aliphatic heterocycles. The quantitative estimate of drug-likeness (QED) is 0.683. The third kappa shape index (κ3) is 2.26. The summed E-state index contributed by atoms with van der Waals surface area (Å²) >= 11 is 0. The van der Waals surface area contributed by atoms with Gasteiger partial charge in [-0.25, -0.2) is 4.79 Å². The summed E-state index contributed by atoms with van der Waals surface area (Å²) in [6.45, 7) is 4.03. The van der Waals surface area contributed by atoms with Gasteiger partial charge in [0.2, 0.25) is 0 Å². The number of rotatable bonds is 2. The number of hydrogen-bond acceptors (Lipinski definition) is 7. The van der Waals surface area contributed by atoms with Crippen LogP contribution in [0.5, 0.6) is 0 Å². The average Bonchev–Trinajstić information content (AvgIpc) is 3.04. The van der Waals surface area contributed by atoms with E-state index in [2.05, 4.69) is 6.92 Å². The van der Waals surface area contributed by atoms with E-state index in [4.69, 9.17) is 18.6 Å². The zero-order valence-electron chi connectivity index (χ0n) is 19.2. The first-order chi connectivity index (χ1) is 15.7. The summed E-state index contributed by atoms with van der Waals surface area (Å²) in [6.07, 6.45) is 8.74. The lowest BCUT2D eigenvalue weighted by molar-refractivity contribution is -0.542. The normalized spacial score (nSPS) is 56.2. The van der Waals surface area contributed by atoms with Crippen LogP contribution < -0.4 is 5.63 Å². The Labute approximate surface area is 192 Å². The molecule has 7 heteroatoms. The summed E-state index contributed by atoms with van der Waals surface area (Å²) in [5, 5.41) is 12.4. The summed E-state index contributed by atoms with van der Waals surface area (Å²) in [5.74, 6) is -0.927. The molecule has 7 aliphatic rings. The molecule has 4 saturated carbocycles. The highest BCUT2D eigenvalue weighted by atomic mass is 16.9. The Balaban J connectivity index is 1.30. The minimum atomic E-state index is -1.07. The molecule has 178 valence electrons. The lowest BCUT2D eigenvalue weighted by Gasteiger charge is -2.73. The maximum Gasteiger partial charge on any atom is 0.335 e. The van der Waals surface area contributed by atoms with E-state index in [1.165, 1.54) is 6.07 Å². The number of fused-ring (bicyclic) bond motifs is 3. The first-order valence-corrected chi connectivity index (χ1v) is 12.5. The number of carbonyl (C=O) groups excluding carboxylic acids is 1. The highest BCUT2D eigenvalue weighted by Gasteiger charge is 2.79. The molecular weight excluding hydrogens is 424 g/mol. The van der Waals surface area contributed by atoms with Crippen molar-refractivity contribution in [2.75, 3.05) is 0 Å². The Morgan fingerprint density at radius 3 is 2.61 bits per heavy atom. The smallest absolute Gasteiger partial charge is 0.335 e. The molecule has 4 bridgehead atoms. The molecule has 0 aromatic carbocycles. The minimum Gasteiger partial charge on any atom is -0.431 e. The van der Waals surface area contributed by atoms with Crippen molar-refractivity contribution in [3.63, 3.8) is 0 Å². The first-order valence-electron chi connectivity index (χ1n) is 12.5. The van der Waals surface area contributed by atoms with Crippen LogP contribution in [0.15, 0.2) is 27.6 Å². The number of hydrogen-bond donors (Lipinski definition) is 1. The van der Waals surface area contributed by atoms with Crippen molar-refractivity contribution in [2.24, 2.45) is 22.7 Å². The van der Waals surface area contributed by atoms with Crippen LogP contribution in [-0.2, 0) is 19.0 Å². The molecule has 1 N–H and O–H groups in total. The number of aldehydes is 1. The topological polar surface area (TPSA) is 95.2 Å². The maximum atomic E-state index is 13.1. The third-order valence-corrected chi connectivity index (χ3v) is 10.9. The highest BCUT2D eigenvalue weighted by Crippen LogP contribution is 2.74. The van der Waals surface area contributed by atoms with Crippen molar-refractivity contribution in [2.45, 2.75) is 101 Å². The van der Waals surface area contributed by atoms with Gasteiger partial charge in [0.15, 0.2) is 0 Å². The molecule has 10 atom stereocenters. The molecule has 0 radical (unpaired) electrons. The van der Waals surface area contributed by atoms with Gasteiger partial charge in [-0.15, -0.1) is 0 Å². The second kappa shape index (κ2) is 6.17. The molecule has 8 rings (SSSR count). The summed E-state index contributed by atoms with van der Waals surface area (Å²) in [6, 6.07) is 3.32. The van der Waals surface area contributed by atoms with Gasteiger partial charge in [-0.3, -0.25) is 0 Å². The third-order valence-electron chi connectivity index (χ3n) is 10.9. The molecular formula is C26H32O7. The van der Waals surface area contributed by atoms with E-state index in [0.717, 1.165) is 50.4 Å². The summed E-state index contributed by atoms with van der Waals surface area (Å²) < 4.78 is 24.0. The Morgan fingerprint density at radius 2 is 1.88 bits per heavy atom. The van der Waals surface area contributed by atoms with Crippen LogP contribution in [0.4, 0.5) is 0 Å². The lowest BCUT2D eigenvalue weighted by atomic mass is 9.40. The van der Waals surface area contributed by atoms with E-state index in [0.29, 0.717) is 12.8 Å². The van der Waals surface area contributed by atoms with Gasteiger partial charge >= 0.3 is 5.63 Å². The zero-order chi connectivity index (χ0) is 22.9. The molecule has 7 nitrogen and oxygen atoms in total. The molecule has 0 amide bonds. The van der Waals surface area contributed by atoms with Crippen LogP contribution >= 0.6 is 0 Å². The molecule has 4 heterocycles. The second-order valence-corrected chi connectivity index (χ2v) is 11.9. The standard InChI is InChI=1S/C26H32O7/c1-22-8-5-18-19(26(22,29)10-7-17(22)15-3-4-21(28)30-13-15)6-9-24-12-16-11-20(25(18,24)14-27)32-23(2,31-16)33-24/h3-4,13-14,16-20,29H,5-12H2,1-2H3/t16-,17+,18?,19?,20+,22+,23?,24-,25-,26-/m0/s1. The molecule has 1 spiro atoms. The van der Waals surface area contributed by atoms with E-state index in [1.54, 1.807) is 6.26 Å². The first kappa shape index (κ1) is 20.8. The number of ether oxygens (including phenoxy) is 3. The van der Waals surface area contributed by atoms with E-state index in [1.807, 2.05) is 13.0 Å². The fourth-order valence-electron chi connectivity index (χ4n) is 9.69. The van der Waals surface area contributed by atoms with Crippen LogP contribution in [0.1, 0.15) is 76.7 Å². The van der Waals surface area contributed by atoms with Crippen molar-refractivity contribution in [3.05, 3.63) is 34.4 Å².